The number of nitrogens with zero attached hydrogens (tertiary/aromatic N) is 3. The van der Waals surface area contributed by atoms with Crippen molar-refractivity contribution >= 4 is 21.9 Å². The SMILES string of the molecule is COc1cc2ncc3ncn(-c4ccc5c(c4)CNCC5)c3c2cc1OC. The van der Waals surface area contributed by atoms with Gasteiger partial charge in [0, 0.05) is 23.7 Å². The second-order valence-corrected chi connectivity index (χ2v) is 6.71. The topological polar surface area (TPSA) is 61.2 Å². The third-order valence-corrected chi connectivity index (χ3v) is 5.23. The lowest BCUT2D eigenvalue weighted by Crippen LogP contribution is -2.23. The van der Waals surface area contributed by atoms with Gasteiger partial charge in [-0.3, -0.25) is 9.55 Å². The fraction of sp³-hybridized carbons (Fsp3) is 0.238. The summed E-state index contributed by atoms with van der Waals surface area (Å²) in [7, 11) is 3.28. The van der Waals surface area contributed by atoms with Crippen LogP contribution in [0.25, 0.3) is 27.6 Å². The minimum atomic E-state index is 0.669. The van der Waals surface area contributed by atoms with Gasteiger partial charge in [-0.05, 0) is 42.3 Å². The Morgan fingerprint density at radius 2 is 1.81 bits per heavy atom. The molecule has 4 aromatic rings. The average molecular weight is 360 g/mol. The molecule has 5 rings (SSSR count). The number of hydrogen-bond acceptors (Lipinski definition) is 5. The van der Waals surface area contributed by atoms with E-state index < -0.39 is 0 Å². The Labute approximate surface area is 156 Å². The maximum atomic E-state index is 5.50. The number of methoxy groups -OCH3 is 2. The quantitative estimate of drug-likeness (QED) is 0.608. The number of pyridine rings is 1. The molecule has 0 radical (unpaired) electrons. The van der Waals surface area contributed by atoms with Crippen molar-refractivity contribution in [3.63, 3.8) is 0 Å². The van der Waals surface area contributed by atoms with Crippen molar-refractivity contribution in [3.8, 4) is 17.2 Å². The molecule has 0 bridgehead atoms. The highest BCUT2D eigenvalue weighted by atomic mass is 16.5. The Morgan fingerprint density at radius 1 is 0.963 bits per heavy atom. The molecule has 0 unspecified atom stereocenters. The van der Waals surface area contributed by atoms with E-state index in [0.717, 1.165) is 47.1 Å². The maximum absolute atomic E-state index is 5.50. The summed E-state index contributed by atoms with van der Waals surface area (Å²) in [6.07, 6.45) is 4.74. The Kier molecular flexibility index (Phi) is 3.72. The number of benzene rings is 2. The third-order valence-electron chi connectivity index (χ3n) is 5.23. The van der Waals surface area contributed by atoms with Crippen LogP contribution in [0.3, 0.4) is 0 Å². The lowest BCUT2D eigenvalue weighted by molar-refractivity contribution is 0.356. The van der Waals surface area contributed by atoms with E-state index >= 15 is 0 Å². The second kappa shape index (κ2) is 6.25. The van der Waals surface area contributed by atoms with Gasteiger partial charge in [-0.15, -0.1) is 0 Å². The molecule has 1 aliphatic rings. The van der Waals surface area contributed by atoms with Gasteiger partial charge in [-0.2, -0.15) is 0 Å². The number of hydrogen-bond donors (Lipinski definition) is 1. The second-order valence-electron chi connectivity index (χ2n) is 6.71. The highest BCUT2D eigenvalue weighted by Gasteiger charge is 2.15. The molecule has 3 heterocycles. The van der Waals surface area contributed by atoms with Crippen molar-refractivity contribution in [2.45, 2.75) is 13.0 Å². The van der Waals surface area contributed by atoms with Gasteiger partial charge in [0.25, 0.3) is 0 Å². The fourth-order valence-electron chi connectivity index (χ4n) is 3.83. The van der Waals surface area contributed by atoms with Gasteiger partial charge < -0.3 is 14.8 Å². The van der Waals surface area contributed by atoms with E-state index in [-0.39, 0.29) is 0 Å². The highest BCUT2D eigenvalue weighted by Crippen LogP contribution is 2.35. The Bertz CT molecular complexity index is 1170. The van der Waals surface area contributed by atoms with Gasteiger partial charge in [-0.1, -0.05) is 6.07 Å². The normalized spacial score (nSPS) is 13.7. The van der Waals surface area contributed by atoms with Gasteiger partial charge in [-0.25, -0.2) is 4.98 Å². The number of imidazole rings is 1. The smallest absolute Gasteiger partial charge is 0.162 e. The van der Waals surface area contributed by atoms with Crippen molar-refractivity contribution in [2.24, 2.45) is 0 Å². The lowest BCUT2D eigenvalue weighted by atomic mass is 10.0. The summed E-state index contributed by atoms with van der Waals surface area (Å²) in [6.45, 7) is 1.95. The largest absolute Gasteiger partial charge is 0.493 e. The zero-order valence-corrected chi connectivity index (χ0v) is 15.3. The monoisotopic (exact) mass is 360 g/mol. The van der Waals surface area contributed by atoms with Gasteiger partial charge in [0.05, 0.1) is 31.4 Å². The minimum Gasteiger partial charge on any atom is -0.493 e. The van der Waals surface area contributed by atoms with E-state index in [1.54, 1.807) is 20.4 Å². The molecule has 27 heavy (non-hydrogen) atoms. The van der Waals surface area contributed by atoms with Crippen LogP contribution in [-0.2, 0) is 13.0 Å². The highest BCUT2D eigenvalue weighted by molar-refractivity contribution is 6.04. The predicted molar refractivity (Wildman–Crippen MR) is 105 cm³/mol. The van der Waals surface area contributed by atoms with Crippen molar-refractivity contribution in [1.82, 2.24) is 19.9 Å². The van der Waals surface area contributed by atoms with Crippen LogP contribution in [0.5, 0.6) is 11.5 Å². The summed E-state index contributed by atoms with van der Waals surface area (Å²) in [5.74, 6) is 1.35. The standard InChI is InChI=1S/C21H20N4O2/c1-26-19-8-16-17(9-20(19)27-2)23-11-18-21(16)25(12-24-18)15-4-3-13-5-6-22-10-14(13)7-15/h3-4,7-9,11-12,22H,5-6,10H2,1-2H3. The lowest BCUT2D eigenvalue weighted by Gasteiger charge is -2.18. The predicted octanol–water partition coefficient (Wildman–Crippen LogP) is 3.24. The van der Waals surface area contributed by atoms with E-state index in [0.29, 0.717) is 11.5 Å². The Hall–Kier alpha value is -3.12. The number of aromatic nitrogens is 3. The molecule has 2 aromatic heterocycles. The number of ether oxygens (including phenoxy) is 2. The van der Waals surface area contributed by atoms with Crippen molar-refractivity contribution in [1.29, 1.82) is 0 Å². The minimum absolute atomic E-state index is 0.669. The van der Waals surface area contributed by atoms with Gasteiger partial charge in [0.2, 0.25) is 0 Å². The zero-order valence-electron chi connectivity index (χ0n) is 15.3. The van der Waals surface area contributed by atoms with Crippen molar-refractivity contribution in [2.75, 3.05) is 20.8 Å². The fourth-order valence-corrected chi connectivity index (χ4v) is 3.83. The molecular weight excluding hydrogens is 340 g/mol. The first-order valence-corrected chi connectivity index (χ1v) is 8.99. The number of nitrogens with one attached hydrogen (secondary N) is 1. The summed E-state index contributed by atoms with van der Waals surface area (Å²) < 4.78 is 13.0. The average Bonchev–Trinajstić information content (AvgIpc) is 3.17. The molecular formula is C21H20N4O2. The zero-order chi connectivity index (χ0) is 18.4. The van der Waals surface area contributed by atoms with Crippen LogP contribution >= 0.6 is 0 Å². The Balaban J connectivity index is 1.77. The third kappa shape index (κ3) is 2.52. The van der Waals surface area contributed by atoms with Crippen LogP contribution < -0.4 is 14.8 Å². The Morgan fingerprint density at radius 3 is 2.67 bits per heavy atom. The van der Waals surface area contributed by atoms with E-state index in [1.165, 1.54) is 11.1 Å². The van der Waals surface area contributed by atoms with Crippen LogP contribution in [0.4, 0.5) is 0 Å². The van der Waals surface area contributed by atoms with E-state index in [1.807, 2.05) is 18.5 Å². The molecule has 6 heteroatoms. The molecule has 0 saturated carbocycles. The first-order chi connectivity index (χ1) is 13.3. The van der Waals surface area contributed by atoms with Crippen LogP contribution in [-0.4, -0.2) is 35.3 Å². The number of fused-ring (bicyclic) bond motifs is 4. The molecule has 6 nitrogen and oxygen atoms in total. The van der Waals surface area contributed by atoms with Gasteiger partial charge >= 0.3 is 0 Å². The van der Waals surface area contributed by atoms with Gasteiger partial charge in [0.15, 0.2) is 11.5 Å². The van der Waals surface area contributed by atoms with E-state index in [2.05, 4.69) is 38.1 Å². The summed E-state index contributed by atoms with van der Waals surface area (Å²) in [4.78, 5) is 9.12. The van der Waals surface area contributed by atoms with Crippen LogP contribution in [0.2, 0.25) is 0 Å². The molecule has 0 fully saturated rings. The summed E-state index contributed by atoms with van der Waals surface area (Å²) in [6, 6.07) is 10.5. The molecule has 1 aliphatic heterocycles. The number of rotatable bonds is 3. The molecule has 0 spiro atoms. The van der Waals surface area contributed by atoms with Crippen molar-refractivity contribution < 1.29 is 9.47 Å². The van der Waals surface area contributed by atoms with Crippen molar-refractivity contribution in [3.05, 3.63) is 54.0 Å². The maximum Gasteiger partial charge on any atom is 0.162 e. The molecule has 0 saturated heterocycles. The molecule has 136 valence electrons. The first kappa shape index (κ1) is 16.1. The summed E-state index contributed by atoms with van der Waals surface area (Å²) >= 11 is 0. The van der Waals surface area contributed by atoms with Crippen LogP contribution in [0, 0.1) is 0 Å². The molecule has 0 amide bonds. The summed E-state index contributed by atoms with van der Waals surface area (Å²) in [5, 5.41) is 4.43. The first-order valence-electron chi connectivity index (χ1n) is 8.99. The molecule has 0 aliphatic carbocycles. The molecule has 1 N–H and O–H groups in total. The van der Waals surface area contributed by atoms with E-state index in [9.17, 15) is 0 Å². The summed E-state index contributed by atoms with van der Waals surface area (Å²) in [5.41, 5.74) is 6.58. The molecule has 2 aromatic carbocycles. The van der Waals surface area contributed by atoms with Crippen LogP contribution in [0.1, 0.15) is 11.1 Å². The van der Waals surface area contributed by atoms with Gasteiger partial charge in [0.1, 0.15) is 11.8 Å². The van der Waals surface area contributed by atoms with Crippen LogP contribution in [0.15, 0.2) is 42.9 Å². The molecule has 0 atom stereocenters. The van der Waals surface area contributed by atoms with E-state index in [4.69, 9.17) is 9.47 Å².